The third-order valence-electron chi connectivity index (χ3n) is 3.00. The molecule has 0 fully saturated rings. The molecule has 0 unspecified atom stereocenters. The van der Waals surface area contributed by atoms with E-state index >= 15 is 0 Å². The molecular formula is C17H19ClN2O2. The van der Waals surface area contributed by atoms with Gasteiger partial charge in [-0.2, -0.15) is 0 Å². The van der Waals surface area contributed by atoms with Crippen LogP contribution in [0.15, 0.2) is 54.6 Å². The van der Waals surface area contributed by atoms with E-state index in [0.29, 0.717) is 36.9 Å². The Labute approximate surface area is 135 Å². The van der Waals surface area contributed by atoms with Crippen molar-refractivity contribution in [2.24, 2.45) is 0 Å². The van der Waals surface area contributed by atoms with Crippen LogP contribution in [0.1, 0.15) is 12.0 Å². The van der Waals surface area contributed by atoms with E-state index in [-0.39, 0.29) is 6.03 Å². The fourth-order valence-electron chi connectivity index (χ4n) is 1.86. The van der Waals surface area contributed by atoms with Crippen molar-refractivity contribution in [3.8, 4) is 5.75 Å². The minimum Gasteiger partial charge on any atom is -0.492 e. The van der Waals surface area contributed by atoms with Gasteiger partial charge in [0.2, 0.25) is 0 Å². The lowest BCUT2D eigenvalue weighted by Crippen LogP contribution is -2.35. The van der Waals surface area contributed by atoms with Crippen molar-refractivity contribution >= 4 is 17.6 Å². The summed E-state index contributed by atoms with van der Waals surface area (Å²) in [6.07, 6.45) is 0.712. The fraction of sp³-hybridized carbons (Fsp3) is 0.235. The van der Waals surface area contributed by atoms with E-state index in [1.54, 1.807) is 6.07 Å². The number of hydrogen-bond acceptors (Lipinski definition) is 2. The average molecular weight is 319 g/mol. The number of para-hydroxylation sites is 1. The second kappa shape index (κ2) is 8.95. The van der Waals surface area contributed by atoms with Gasteiger partial charge in [-0.1, -0.05) is 54.1 Å². The Morgan fingerprint density at radius 2 is 1.73 bits per heavy atom. The van der Waals surface area contributed by atoms with Crippen LogP contribution in [0.4, 0.5) is 4.79 Å². The number of urea groups is 1. The van der Waals surface area contributed by atoms with Crippen LogP contribution in [0, 0.1) is 0 Å². The molecule has 0 aliphatic heterocycles. The molecule has 0 saturated carbocycles. The van der Waals surface area contributed by atoms with Crippen molar-refractivity contribution in [2.45, 2.75) is 13.0 Å². The molecule has 0 heterocycles. The summed E-state index contributed by atoms with van der Waals surface area (Å²) in [4.78, 5) is 11.6. The summed E-state index contributed by atoms with van der Waals surface area (Å²) < 4.78 is 5.54. The van der Waals surface area contributed by atoms with Crippen molar-refractivity contribution in [3.63, 3.8) is 0 Å². The van der Waals surface area contributed by atoms with Crippen LogP contribution in [0.3, 0.4) is 0 Å². The maximum atomic E-state index is 11.6. The molecule has 116 valence electrons. The van der Waals surface area contributed by atoms with Gasteiger partial charge in [0.05, 0.1) is 11.6 Å². The molecule has 0 aliphatic carbocycles. The van der Waals surface area contributed by atoms with Gasteiger partial charge in [-0.3, -0.25) is 0 Å². The third kappa shape index (κ3) is 5.66. The molecule has 0 saturated heterocycles. The summed E-state index contributed by atoms with van der Waals surface area (Å²) in [5.74, 6) is 0.665. The normalized spacial score (nSPS) is 10.0. The van der Waals surface area contributed by atoms with Crippen molar-refractivity contribution in [1.29, 1.82) is 0 Å². The number of ether oxygens (including phenoxy) is 1. The van der Waals surface area contributed by atoms with Crippen LogP contribution in [0.5, 0.6) is 5.75 Å². The number of rotatable bonds is 7. The molecular weight excluding hydrogens is 300 g/mol. The highest BCUT2D eigenvalue weighted by Gasteiger charge is 2.01. The van der Waals surface area contributed by atoms with Crippen molar-refractivity contribution in [1.82, 2.24) is 10.6 Å². The zero-order valence-corrected chi connectivity index (χ0v) is 13.0. The molecule has 0 aromatic heterocycles. The van der Waals surface area contributed by atoms with Crippen molar-refractivity contribution in [3.05, 3.63) is 65.2 Å². The maximum Gasteiger partial charge on any atom is 0.315 e. The van der Waals surface area contributed by atoms with Gasteiger partial charge in [0.15, 0.2) is 0 Å². The number of carbonyl (C=O) groups excluding carboxylic acids is 1. The highest BCUT2D eigenvalue weighted by molar-refractivity contribution is 6.32. The maximum absolute atomic E-state index is 11.6. The SMILES string of the molecule is O=C(NCCCOc1ccccc1Cl)NCc1ccccc1. The van der Waals surface area contributed by atoms with Crippen LogP contribution < -0.4 is 15.4 Å². The molecule has 4 nitrogen and oxygen atoms in total. The van der Waals surface area contributed by atoms with Crippen molar-refractivity contribution < 1.29 is 9.53 Å². The lowest BCUT2D eigenvalue weighted by Gasteiger charge is -2.09. The smallest absolute Gasteiger partial charge is 0.315 e. The van der Waals surface area contributed by atoms with Gasteiger partial charge in [-0.15, -0.1) is 0 Å². The van der Waals surface area contributed by atoms with Crippen LogP contribution in [-0.2, 0) is 6.54 Å². The zero-order valence-electron chi connectivity index (χ0n) is 12.2. The topological polar surface area (TPSA) is 50.4 Å². The molecule has 2 aromatic rings. The number of amides is 2. The largest absolute Gasteiger partial charge is 0.492 e. The van der Waals surface area contributed by atoms with Gasteiger partial charge in [-0.25, -0.2) is 4.79 Å². The molecule has 0 atom stereocenters. The van der Waals surface area contributed by atoms with Crippen LogP contribution in [-0.4, -0.2) is 19.2 Å². The van der Waals surface area contributed by atoms with Gasteiger partial charge in [-0.05, 0) is 24.1 Å². The molecule has 2 N–H and O–H groups in total. The summed E-state index contributed by atoms with van der Waals surface area (Å²) in [5, 5.41) is 6.19. The van der Waals surface area contributed by atoms with E-state index in [4.69, 9.17) is 16.3 Å². The van der Waals surface area contributed by atoms with Crippen LogP contribution in [0.2, 0.25) is 5.02 Å². The Bertz CT molecular complexity index is 590. The first-order chi connectivity index (χ1) is 10.8. The Kier molecular flexibility index (Phi) is 6.58. The van der Waals surface area contributed by atoms with Crippen LogP contribution >= 0.6 is 11.6 Å². The highest BCUT2D eigenvalue weighted by Crippen LogP contribution is 2.22. The zero-order chi connectivity index (χ0) is 15.6. The van der Waals surface area contributed by atoms with E-state index in [2.05, 4.69) is 10.6 Å². The quantitative estimate of drug-likeness (QED) is 0.766. The van der Waals surface area contributed by atoms with Gasteiger partial charge in [0.1, 0.15) is 5.75 Å². The monoisotopic (exact) mass is 318 g/mol. The van der Waals surface area contributed by atoms with Gasteiger partial charge < -0.3 is 15.4 Å². The van der Waals surface area contributed by atoms with E-state index < -0.39 is 0 Å². The molecule has 0 spiro atoms. The predicted molar refractivity (Wildman–Crippen MR) is 88.2 cm³/mol. The predicted octanol–water partition coefficient (Wildman–Crippen LogP) is 3.61. The Morgan fingerprint density at radius 1 is 1.00 bits per heavy atom. The van der Waals surface area contributed by atoms with Crippen LogP contribution in [0.25, 0.3) is 0 Å². The molecule has 2 amide bonds. The highest BCUT2D eigenvalue weighted by atomic mass is 35.5. The first-order valence-corrected chi connectivity index (χ1v) is 7.56. The summed E-state index contributed by atoms with van der Waals surface area (Å²) in [6.45, 7) is 1.57. The van der Waals surface area contributed by atoms with Gasteiger partial charge in [0.25, 0.3) is 0 Å². The van der Waals surface area contributed by atoms with E-state index in [0.717, 1.165) is 5.56 Å². The first kappa shape index (κ1) is 16.2. The average Bonchev–Trinajstić information content (AvgIpc) is 2.55. The van der Waals surface area contributed by atoms with Gasteiger partial charge in [0, 0.05) is 13.1 Å². The number of halogens is 1. The standard InChI is InChI=1S/C17H19ClN2O2/c18-15-9-4-5-10-16(15)22-12-6-11-19-17(21)20-13-14-7-2-1-3-8-14/h1-5,7-10H,6,11-13H2,(H2,19,20,21). The molecule has 22 heavy (non-hydrogen) atoms. The minimum absolute atomic E-state index is 0.179. The third-order valence-corrected chi connectivity index (χ3v) is 3.31. The van der Waals surface area contributed by atoms with E-state index in [1.165, 1.54) is 0 Å². The second-order valence-electron chi connectivity index (χ2n) is 4.73. The molecule has 0 radical (unpaired) electrons. The summed E-state index contributed by atoms with van der Waals surface area (Å²) in [6, 6.07) is 16.9. The summed E-state index contributed by atoms with van der Waals surface area (Å²) in [5.41, 5.74) is 1.07. The Balaban J connectivity index is 1.57. The lowest BCUT2D eigenvalue weighted by atomic mass is 10.2. The molecule has 0 aliphatic rings. The summed E-state index contributed by atoms with van der Waals surface area (Å²) in [7, 11) is 0. The molecule has 2 rings (SSSR count). The summed E-state index contributed by atoms with van der Waals surface area (Å²) >= 11 is 5.98. The lowest BCUT2D eigenvalue weighted by molar-refractivity contribution is 0.238. The van der Waals surface area contributed by atoms with Crippen molar-refractivity contribution in [2.75, 3.05) is 13.2 Å². The number of nitrogens with one attached hydrogen (secondary N) is 2. The van der Waals surface area contributed by atoms with E-state index in [1.807, 2.05) is 48.5 Å². The van der Waals surface area contributed by atoms with E-state index in [9.17, 15) is 4.79 Å². The molecule has 5 heteroatoms. The molecule has 2 aromatic carbocycles. The Hall–Kier alpha value is -2.20. The Morgan fingerprint density at radius 3 is 2.50 bits per heavy atom. The minimum atomic E-state index is -0.179. The number of carbonyl (C=O) groups is 1. The number of benzene rings is 2. The fourth-order valence-corrected chi connectivity index (χ4v) is 2.05. The molecule has 0 bridgehead atoms. The number of hydrogen-bond donors (Lipinski definition) is 2. The second-order valence-corrected chi connectivity index (χ2v) is 5.13. The first-order valence-electron chi connectivity index (χ1n) is 7.18. The van der Waals surface area contributed by atoms with Gasteiger partial charge >= 0.3 is 6.03 Å².